The van der Waals surface area contributed by atoms with Crippen LogP contribution in [-0.4, -0.2) is 42.9 Å². The maximum Gasteiger partial charge on any atom is 0.191 e. The number of ether oxygens (including phenoxy) is 1. The van der Waals surface area contributed by atoms with E-state index in [2.05, 4.69) is 15.6 Å². The van der Waals surface area contributed by atoms with Gasteiger partial charge >= 0.3 is 0 Å². The van der Waals surface area contributed by atoms with Crippen LogP contribution in [0.2, 0.25) is 0 Å². The molecular weight excluding hydrogens is 513 g/mol. The van der Waals surface area contributed by atoms with E-state index in [1.165, 1.54) is 0 Å². The molecule has 1 heterocycles. The number of hydrogen-bond acceptors (Lipinski definition) is 5. The number of thiophene rings is 1. The number of aliphatic hydroxyl groups excluding tert-OH is 2. The van der Waals surface area contributed by atoms with Crippen molar-refractivity contribution in [3.8, 4) is 5.75 Å². The van der Waals surface area contributed by atoms with Crippen LogP contribution in [0.5, 0.6) is 5.75 Å². The number of halogens is 1. The third kappa shape index (κ3) is 6.56. The maximum absolute atomic E-state index is 10.5. The highest BCUT2D eigenvalue weighted by Crippen LogP contribution is 2.29. The van der Waals surface area contributed by atoms with Crippen LogP contribution in [0.4, 0.5) is 0 Å². The molecular formula is C22H28IN3O3S. The lowest BCUT2D eigenvalue weighted by Crippen LogP contribution is -2.39. The zero-order valence-electron chi connectivity index (χ0n) is 17.0. The highest BCUT2D eigenvalue weighted by Gasteiger charge is 2.12. The summed E-state index contributed by atoms with van der Waals surface area (Å²) in [5.41, 5.74) is 0.791. The molecule has 2 unspecified atom stereocenters. The van der Waals surface area contributed by atoms with Crippen LogP contribution < -0.4 is 15.4 Å². The molecule has 8 heteroatoms. The molecule has 6 nitrogen and oxygen atoms in total. The third-order valence-corrected chi connectivity index (χ3v) is 5.72. The fourth-order valence-electron chi connectivity index (χ4n) is 2.91. The van der Waals surface area contributed by atoms with Crippen molar-refractivity contribution < 1.29 is 14.9 Å². The number of aliphatic imine (C=N–C) groups is 1. The van der Waals surface area contributed by atoms with Crippen molar-refractivity contribution in [3.63, 3.8) is 0 Å². The first kappa shape index (κ1) is 24.4. The number of guanidine groups is 1. The molecule has 162 valence electrons. The van der Waals surface area contributed by atoms with Gasteiger partial charge < -0.3 is 25.6 Å². The predicted octanol–water partition coefficient (Wildman–Crippen LogP) is 3.85. The van der Waals surface area contributed by atoms with E-state index in [4.69, 9.17) is 4.74 Å². The largest absolute Gasteiger partial charge is 0.497 e. The van der Waals surface area contributed by atoms with Gasteiger partial charge in [-0.05, 0) is 42.1 Å². The lowest BCUT2D eigenvalue weighted by Gasteiger charge is -2.16. The minimum Gasteiger partial charge on any atom is -0.497 e. The van der Waals surface area contributed by atoms with Crippen LogP contribution in [0.15, 0.2) is 59.6 Å². The van der Waals surface area contributed by atoms with Crippen molar-refractivity contribution in [1.29, 1.82) is 0 Å². The van der Waals surface area contributed by atoms with E-state index < -0.39 is 12.2 Å². The van der Waals surface area contributed by atoms with E-state index in [0.717, 1.165) is 26.3 Å². The maximum atomic E-state index is 10.5. The van der Waals surface area contributed by atoms with Gasteiger partial charge in [0, 0.05) is 22.7 Å². The number of fused-ring (bicyclic) bond motifs is 1. The summed E-state index contributed by atoms with van der Waals surface area (Å²) in [5, 5.41) is 28.3. The third-order valence-electron chi connectivity index (χ3n) is 4.50. The van der Waals surface area contributed by atoms with Gasteiger partial charge in [-0.15, -0.1) is 35.3 Å². The molecule has 0 aliphatic carbocycles. The smallest absolute Gasteiger partial charge is 0.191 e. The van der Waals surface area contributed by atoms with Gasteiger partial charge in [-0.3, -0.25) is 4.99 Å². The van der Waals surface area contributed by atoms with Crippen LogP contribution in [0, 0.1) is 0 Å². The normalized spacial score (nSPS) is 13.4. The summed E-state index contributed by atoms with van der Waals surface area (Å²) < 4.78 is 6.29. The fraction of sp³-hybridized carbons (Fsp3) is 0.318. The SMILES string of the molecule is CCNC(=NCC(O)c1cc2ccccc2s1)NCC(O)c1ccc(OC)cc1.I. The molecule has 0 radical (unpaired) electrons. The number of aliphatic hydroxyl groups is 2. The van der Waals surface area contributed by atoms with Gasteiger partial charge in [0.15, 0.2) is 5.96 Å². The summed E-state index contributed by atoms with van der Waals surface area (Å²) in [7, 11) is 1.61. The predicted molar refractivity (Wildman–Crippen MR) is 134 cm³/mol. The molecule has 0 bridgehead atoms. The number of methoxy groups -OCH3 is 1. The quantitative estimate of drug-likeness (QED) is 0.198. The molecule has 3 rings (SSSR count). The zero-order valence-corrected chi connectivity index (χ0v) is 20.2. The fourth-order valence-corrected chi connectivity index (χ4v) is 3.96. The van der Waals surface area contributed by atoms with Crippen molar-refractivity contribution in [3.05, 3.63) is 65.0 Å². The molecule has 0 saturated carbocycles. The molecule has 0 fully saturated rings. The second-order valence-corrected chi connectivity index (χ2v) is 7.71. The Bertz CT molecular complexity index is 913. The minimum absolute atomic E-state index is 0. The van der Waals surface area contributed by atoms with Crippen molar-refractivity contribution in [1.82, 2.24) is 10.6 Å². The molecule has 0 saturated heterocycles. The van der Waals surface area contributed by atoms with Crippen molar-refractivity contribution >= 4 is 51.4 Å². The first-order chi connectivity index (χ1) is 14.1. The zero-order chi connectivity index (χ0) is 20.6. The summed E-state index contributed by atoms with van der Waals surface area (Å²) >= 11 is 1.58. The number of benzene rings is 2. The van der Waals surface area contributed by atoms with Crippen molar-refractivity contribution in [2.45, 2.75) is 19.1 Å². The Labute approximate surface area is 198 Å². The Kier molecular flexibility index (Phi) is 9.83. The van der Waals surface area contributed by atoms with Gasteiger partial charge in [-0.1, -0.05) is 30.3 Å². The Balaban J connectivity index is 0.00000320. The van der Waals surface area contributed by atoms with E-state index in [9.17, 15) is 10.2 Å². The summed E-state index contributed by atoms with van der Waals surface area (Å²) in [6, 6.07) is 17.4. The van der Waals surface area contributed by atoms with Gasteiger partial charge in [-0.25, -0.2) is 0 Å². The molecule has 4 N–H and O–H groups in total. The second kappa shape index (κ2) is 12.1. The first-order valence-corrected chi connectivity index (χ1v) is 10.4. The monoisotopic (exact) mass is 541 g/mol. The Hall–Kier alpha value is -1.88. The van der Waals surface area contributed by atoms with Crippen LogP contribution >= 0.6 is 35.3 Å². The topological polar surface area (TPSA) is 86.1 Å². The molecule has 2 atom stereocenters. The van der Waals surface area contributed by atoms with E-state index in [0.29, 0.717) is 19.0 Å². The molecule has 1 aromatic heterocycles. The molecule has 0 aliphatic rings. The summed E-state index contributed by atoms with van der Waals surface area (Å²) in [4.78, 5) is 5.37. The minimum atomic E-state index is -0.683. The highest BCUT2D eigenvalue weighted by molar-refractivity contribution is 14.0. The van der Waals surface area contributed by atoms with Crippen LogP contribution in [0.25, 0.3) is 10.1 Å². The van der Waals surface area contributed by atoms with E-state index >= 15 is 0 Å². The first-order valence-electron chi connectivity index (χ1n) is 9.61. The van der Waals surface area contributed by atoms with Crippen LogP contribution in [0.1, 0.15) is 29.6 Å². The number of nitrogens with zero attached hydrogens (tertiary/aromatic N) is 1. The number of hydrogen-bond donors (Lipinski definition) is 4. The Morgan fingerprint density at radius 2 is 1.80 bits per heavy atom. The van der Waals surface area contributed by atoms with Crippen LogP contribution in [0.3, 0.4) is 0 Å². The van der Waals surface area contributed by atoms with Gasteiger partial charge in [0.25, 0.3) is 0 Å². The number of nitrogens with one attached hydrogen (secondary N) is 2. The van der Waals surface area contributed by atoms with E-state index in [1.54, 1.807) is 18.4 Å². The average Bonchev–Trinajstić information content (AvgIpc) is 3.19. The molecule has 2 aromatic carbocycles. The Morgan fingerprint density at radius 3 is 2.47 bits per heavy atom. The molecule has 30 heavy (non-hydrogen) atoms. The Morgan fingerprint density at radius 1 is 1.07 bits per heavy atom. The lowest BCUT2D eigenvalue weighted by molar-refractivity contribution is 0.180. The van der Waals surface area contributed by atoms with Gasteiger partial charge in [0.2, 0.25) is 0 Å². The van der Waals surface area contributed by atoms with Gasteiger partial charge in [0.05, 0.1) is 19.8 Å². The van der Waals surface area contributed by atoms with Gasteiger partial charge in [-0.2, -0.15) is 0 Å². The molecule has 0 aliphatic heterocycles. The molecule has 0 amide bonds. The summed E-state index contributed by atoms with van der Waals surface area (Å²) in [6.45, 7) is 3.20. The van der Waals surface area contributed by atoms with Gasteiger partial charge in [0.1, 0.15) is 11.9 Å². The van der Waals surface area contributed by atoms with E-state index in [-0.39, 0.29) is 30.5 Å². The van der Waals surface area contributed by atoms with Crippen LogP contribution in [-0.2, 0) is 0 Å². The molecule has 0 spiro atoms. The average molecular weight is 541 g/mol. The van der Waals surface area contributed by atoms with Crippen molar-refractivity contribution in [2.75, 3.05) is 26.7 Å². The van der Waals surface area contributed by atoms with Crippen molar-refractivity contribution in [2.24, 2.45) is 4.99 Å². The summed E-state index contributed by atoms with van der Waals surface area (Å²) in [5.74, 6) is 1.30. The lowest BCUT2D eigenvalue weighted by atomic mass is 10.1. The summed E-state index contributed by atoms with van der Waals surface area (Å²) in [6.07, 6.45) is -1.35. The second-order valence-electron chi connectivity index (χ2n) is 6.59. The number of rotatable bonds is 8. The highest BCUT2D eigenvalue weighted by atomic mass is 127. The standard InChI is InChI=1S/C22H27N3O3S.HI/c1-3-23-22(24-13-18(26)15-8-10-17(28-2)11-9-15)25-14-19(27)21-12-16-6-4-5-7-20(16)29-21;/h4-12,18-19,26-27H,3,13-14H2,1-2H3,(H2,23,24,25);1H. The molecule has 3 aromatic rings. The van der Waals surface area contributed by atoms with E-state index in [1.807, 2.05) is 61.5 Å².